The molecule has 1 N–H and O–H groups in total. The van der Waals surface area contributed by atoms with Crippen molar-refractivity contribution in [2.75, 3.05) is 38.6 Å². The summed E-state index contributed by atoms with van der Waals surface area (Å²) in [5.41, 5.74) is 1.02. The largest absolute Gasteiger partial charge is 0.361 e. The fraction of sp³-hybridized carbons (Fsp3) is 0.500. The Hall–Kier alpha value is -2.15. The summed E-state index contributed by atoms with van der Waals surface area (Å²) < 4.78 is 0. The molecule has 0 spiro atoms. The van der Waals surface area contributed by atoms with E-state index in [2.05, 4.69) is 5.32 Å². The van der Waals surface area contributed by atoms with Gasteiger partial charge in [-0.15, -0.1) is 0 Å². The summed E-state index contributed by atoms with van der Waals surface area (Å²) in [7, 11) is 3.33. The third kappa shape index (κ3) is 2.97. The molecule has 0 bridgehead atoms. The first-order valence-corrected chi connectivity index (χ1v) is 6.93. The normalized spacial score (nSPS) is 14.4. The molecule has 0 unspecified atom stereocenters. The van der Waals surface area contributed by atoms with Crippen LogP contribution in [0.4, 0.5) is 11.4 Å². The van der Waals surface area contributed by atoms with Gasteiger partial charge in [-0.1, -0.05) is 0 Å². The number of amides is 1. The first-order chi connectivity index (χ1) is 9.95. The van der Waals surface area contributed by atoms with E-state index < -0.39 is 4.92 Å². The van der Waals surface area contributed by atoms with Crippen molar-refractivity contribution in [3.63, 3.8) is 0 Å². The van der Waals surface area contributed by atoms with E-state index in [0.29, 0.717) is 17.8 Å². The molecule has 21 heavy (non-hydrogen) atoms. The van der Waals surface area contributed by atoms with Crippen LogP contribution >= 0.6 is 0 Å². The van der Waals surface area contributed by atoms with Crippen LogP contribution in [0.15, 0.2) is 18.2 Å². The molecule has 1 amide bonds. The van der Waals surface area contributed by atoms with Crippen molar-refractivity contribution in [1.29, 1.82) is 0 Å². The van der Waals surface area contributed by atoms with Gasteiger partial charge in [-0.2, -0.15) is 0 Å². The van der Waals surface area contributed by atoms with Gasteiger partial charge in [0, 0.05) is 45.4 Å². The lowest BCUT2D eigenvalue weighted by atomic mass is 10.1. The molecular weight excluding hydrogens is 272 g/mol. The SMILES string of the molecule is CCN(c1cc(C(=O)N(C)C)ccc1[N+](=O)[O-])C1CNC1. The molecule has 7 nitrogen and oxygen atoms in total. The van der Waals surface area contributed by atoms with Crippen molar-refractivity contribution >= 4 is 17.3 Å². The molecule has 0 radical (unpaired) electrons. The van der Waals surface area contributed by atoms with E-state index in [4.69, 9.17) is 0 Å². The zero-order chi connectivity index (χ0) is 15.6. The number of anilines is 1. The smallest absolute Gasteiger partial charge is 0.292 e. The maximum Gasteiger partial charge on any atom is 0.292 e. The molecule has 1 fully saturated rings. The van der Waals surface area contributed by atoms with Crippen molar-refractivity contribution in [3.8, 4) is 0 Å². The average molecular weight is 292 g/mol. The van der Waals surface area contributed by atoms with E-state index in [9.17, 15) is 14.9 Å². The molecule has 1 heterocycles. The predicted octanol–water partition coefficient (Wildman–Crippen LogP) is 1.09. The first-order valence-electron chi connectivity index (χ1n) is 6.93. The summed E-state index contributed by atoms with van der Waals surface area (Å²) in [4.78, 5) is 26.4. The van der Waals surface area contributed by atoms with Gasteiger partial charge in [0.15, 0.2) is 0 Å². The first kappa shape index (κ1) is 15.2. The van der Waals surface area contributed by atoms with Gasteiger partial charge in [-0.25, -0.2) is 0 Å². The van der Waals surface area contributed by atoms with Crippen LogP contribution in [0.5, 0.6) is 0 Å². The molecule has 1 aliphatic heterocycles. The van der Waals surface area contributed by atoms with Gasteiger partial charge in [0.2, 0.25) is 0 Å². The number of carbonyl (C=O) groups is 1. The zero-order valence-corrected chi connectivity index (χ0v) is 12.5. The van der Waals surface area contributed by atoms with Gasteiger partial charge in [0.25, 0.3) is 11.6 Å². The van der Waals surface area contributed by atoms with Crippen LogP contribution in [0, 0.1) is 10.1 Å². The van der Waals surface area contributed by atoms with E-state index >= 15 is 0 Å². The molecule has 1 aliphatic rings. The van der Waals surface area contributed by atoms with Gasteiger partial charge >= 0.3 is 0 Å². The Morgan fingerprint density at radius 3 is 2.52 bits per heavy atom. The molecule has 0 saturated carbocycles. The van der Waals surface area contributed by atoms with Crippen molar-refractivity contribution in [2.24, 2.45) is 0 Å². The van der Waals surface area contributed by atoms with E-state index in [1.807, 2.05) is 11.8 Å². The standard InChI is InChI=1S/C14H20N4O3/c1-4-17(11-8-15-9-11)13-7-10(14(19)16(2)3)5-6-12(13)18(20)21/h5-7,11,15H,4,8-9H2,1-3H3. The molecule has 1 aromatic carbocycles. The molecular formula is C14H20N4O3. The Morgan fingerprint density at radius 1 is 1.43 bits per heavy atom. The van der Waals surface area contributed by atoms with Gasteiger partial charge in [-0.3, -0.25) is 14.9 Å². The van der Waals surface area contributed by atoms with Crippen LogP contribution in [0.1, 0.15) is 17.3 Å². The Kier molecular flexibility index (Phi) is 4.42. The molecule has 0 aromatic heterocycles. The molecule has 114 valence electrons. The number of hydrogen-bond acceptors (Lipinski definition) is 5. The fourth-order valence-electron chi connectivity index (χ4n) is 2.42. The molecule has 1 saturated heterocycles. The number of likely N-dealkylation sites (N-methyl/N-ethyl adjacent to an activating group) is 1. The highest BCUT2D eigenvalue weighted by Crippen LogP contribution is 2.31. The van der Waals surface area contributed by atoms with E-state index in [1.54, 1.807) is 20.2 Å². The summed E-state index contributed by atoms with van der Waals surface area (Å²) in [6.07, 6.45) is 0. The summed E-state index contributed by atoms with van der Waals surface area (Å²) in [5.74, 6) is -0.158. The van der Waals surface area contributed by atoms with E-state index in [0.717, 1.165) is 13.1 Å². The third-order valence-electron chi connectivity index (χ3n) is 3.68. The summed E-state index contributed by atoms with van der Waals surface area (Å²) in [6, 6.07) is 4.79. The second-order valence-corrected chi connectivity index (χ2v) is 5.26. The second-order valence-electron chi connectivity index (χ2n) is 5.26. The number of nitrogens with zero attached hydrogens (tertiary/aromatic N) is 3. The summed E-state index contributed by atoms with van der Waals surface area (Å²) in [6.45, 7) is 4.23. The van der Waals surface area contributed by atoms with Crippen LogP contribution in [-0.2, 0) is 0 Å². The molecule has 0 aliphatic carbocycles. The highest BCUT2D eigenvalue weighted by Gasteiger charge is 2.29. The summed E-state index contributed by atoms with van der Waals surface area (Å²) >= 11 is 0. The minimum Gasteiger partial charge on any atom is -0.361 e. The minimum atomic E-state index is -0.395. The lowest BCUT2D eigenvalue weighted by molar-refractivity contribution is -0.384. The van der Waals surface area contributed by atoms with Crippen molar-refractivity contribution in [1.82, 2.24) is 10.2 Å². The number of rotatable bonds is 5. The van der Waals surface area contributed by atoms with Crippen LogP contribution in [0.2, 0.25) is 0 Å². The van der Waals surface area contributed by atoms with Gasteiger partial charge in [0.1, 0.15) is 5.69 Å². The number of nitrogens with one attached hydrogen (secondary N) is 1. The van der Waals surface area contributed by atoms with Crippen molar-refractivity contribution < 1.29 is 9.72 Å². The van der Waals surface area contributed by atoms with E-state index in [1.165, 1.54) is 17.0 Å². The van der Waals surface area contributed by atoms with Gasteiger partial charge in [0.05, 0.1) is 11.0 Å². The second kappa shape index (κ2) is 6.09. The maximum absolute atomic E-state index is 12.1. The minimum absolute atomic E-state index is 0.0408. The van der Waals surface area contributed by atoms with Gasteiger partial charge < -0.3 is 15.1 Å². The van der Waals surface area contributed by atoms with Crippen molar-refractivity contribution in [3.05, 3.63) is 33.9 Å². The highest BCUT2D eigenvalue weighted by atomic mass is 16.6. The van der Waals surface area contributed by atoms with Crippen LogP contribution in [-0.4, -0.2) is 55.5 Å². The molecule has 1 aromatic rings. The summed E-state index contributed by atoms with van der Waals surface area (Å²) in [5, 5.41) is 14.4. The number of benzene rings is 1. The quantitative estimate of drug-likeness (QED) is 0.649. The monoisotopic (exact) mass is 292 g/mol. The Labute approximate surface area is 123 Å². The number of nitro groups is 1. The average Bonchev–Trinajstić information content (AvgIpc) is 2.40. The highest BCUT2D eigenvalue weighted by molar-refractivity contribution is 5.95. The van der Waals surface area contributed by atoms with Crippen LogP contribution in [0.3, 0.4) is 0 Å². The Bertz CT molecular complexity index is 555. The molecule has 7 heteroatoms. The Morgan fingerprint density at radius 2 is 2.10 bits per heavy atom. The number of hydrogen-bond donors (Lipinski definition) is 1. The van der Waals surface area contributed by atoms with E-state index in [-0.39, 0.29) is 17.6 Å². The van der Waals surface area contributed by atoms with Gasteiger partial charge in [-0.05, 0) is 19.1 Å². The lowest BCUT2D eigenvalue weighted by Crippen LogP contribution is -2.57. The number of nitro benzene ring substituents is 1. The topological polar surface area (TPSA) is 78.7 Å². The lowest BCUT2D eigenvalue weighted by Gasteiger charge is -2.39. The van der Waals surface area contributed by atoms with Crippen LogP contribution < -0.4 is 10.2 Å². The predicted molar refractivity (Wildman–Crippen MR) is 80.8 cm³/mol. The maximum atomic E-state index is 12.1. The molecule has 2 rings (SSSR count). The van der Waals surface area contributed by atoms with Crippen molar-refractivity contribution in [2.45, 2.75) is 13.0 Å². The van der Waals surface area contributed by atoms with Crippen LogP contribution in [0.25, 0.3) is 0 Å². The Balaban J connectivity index is 2.45. The fourth-order valence-corrected chi connectivity index (χ4v) is 2.42. The molecule has 0 atom stereocenters. The zero-order valence-electron chi connectivity index (χ0n) is 12.5. The number of carbonyl (C=O) groups excluding carboxylic acids is 1. The third-order valence-corrected chi connectivity index (χ3v) is 3.68.